The van der Waals surface area contributed by atoms with Crippen molar-refractivity contribution in [3.8, 4) is 0 Å². The van der Waals surface area contributed by atoms with Gasteiger partial charge in [-0.1, -0.05) is 50.5 Å². The van der Waals surface area contributed by atoms with E-state index in [-0.39, 0.29) is 51.0 Å². The van der Waals surface area contributed by atoms with Crippen LogP contribution in [0.3, 0.4) is 0 Å². The molecule has 19 heavy (non-hydrogen) atoms. The standard InChI is InChI=1S/C16H19.2ClH.Zr/c1-10-14(9-8-13-6-4-5-7-13)16-11(2)15(10)12(16)3;;;/h4-6,11H,7-9H2,1-3H3;2*1H;/q-1;;;+3/p-2. The molecule has 1 aromatic rings. The number of hydrogen-bond donors (Lipinski definition) is 0. The Morgan fingerprint density at radius 3 is 2.37 bits per heavy atom. The average molecular weight is 373 g/mol. The van der Waals surface area contributed by atoms with Crippen LogP contribution < -0.4 is 24.8 Å². The van der Waals surface area contributed by atoms with Gasteiger partial charge in [0.1, 0.15) is 0 Å². The number of fused-ring (bicyclic) bond motifs is 1. The summed E-state index contributed by atoms with van der Waals surface area (Å²) in [5, 5.41) is 0. The molecule has 0 aromatic heterocycles. The molecule has 3 heteroatoms. The van der Waals surface area contributed by atoms with E-state index in [1.165, 1.54) is 19.3 Å². The molecule has 0 saturated carbocycles. The zero-order valence-corrected chi connectivity index (χ0v) is 15.7. The fourth-order valence-electron chi connectivity index (χ4n) is 3.60. The van der Waals surface area contributed by atoms with Gasteiger partial charge in [0.25, 0.3) is 0 Å². The van der Waals surface area contributed by atoms with E-state index in [0.717, 1.165) is 5.92 Å². The Bertz CT molecular complexity index is 509. The van der Waals surface area contributed by atoms with Gasteiger partial charge in [-0.2, -0.15) is 27.8 Å². The van der Waals surface area contributed by atoms with Crippen molar-refractivity contribution in [2.45, 2.75) is 46.0 Å². The van der Waals surface area contributed by atoms with Gasteiger partial charge in [0, 0.05) is 0 Å². The zero-order chi connectivity index (χ0) is 11.3. The Labute approximate surface area is 148 Å². The quantitative estimate of drug-likeness (QED) is 0.555. The van der Waals surface area contributed by atoms with E-state index in [9.17, 15) is 0 Å². The van der Waals surface area contributed by atoms with E-state index < -0.39 is 0 Å². The van der Waals surface area contributed by atoms with E-state index >= 15 is 0 Å². The summed E-state index contributed by atoms with van der Waals surface area (Å²) in [6, 6.07) is 0. The first-order valence-electron chi connectivity index (χ1n) is 6.33. The van der Waals surface area contributed by atoms with Gasteiger partial charge in [-0.3, -0.25) is 0 Å². The minimum atomic E-state index is 0. The molecule has 0 heterocycles. The number of halogens is 2. The van der Waals surface area contributed by atoms with E-state index in [4.69, 9.17) is 0 Å². The van der Waals surface area contributed by atoms with Crippen LogP contribution in [0.1, 0.15) is 53.5 Å². The normalized spacial score (nSPS) is 17.8. The monoisotopic (exact) mass is 371 g/mol. The molecule has 0 amide bonds. The predicted octanol–water partition coefficient (Wildman–Crippen LogP) is -1.69. The van der Waals surface area contributed by atoms with Gasteiger partial charge in [-0.15, -0.1) is 0 Å². The largest absolute Gasteiger partial charge is 3.00 e. The predicted molar refractivity (Wildman–Crippen MR) is 69.2 cm³/mol. The molecule has 0 fully saturated rings. The summed E-state index contributed by atoms with van der Waals surface area (Å²) in [6.45, 7) is 6.95. The van der Waals surface area contributed by atoms with Gasteiger partial charge < -0.3 is 24.8 Å². The third-order valence-corrected chi connectivity index (χ3v) is 4.40. The smallest absolute Gasteiger partial charge is 1.00 e. The van der Waals surface area contributed by atoms with Crippen LogP contribution in [0.25, 0.3) is 0 Å². The van der Waals surface area contributed by atoms with Crippen molar-refractivity contribution in [1.29, 1.82) is 0 Å². The molecular formula is C16H19Cl2Zr. The van der Waals surface area contributed by atoms with Gasteiger partial charge in [0.05, 0.1) is 0 Å². The maximum absolute atomic E-state index is 2.35. The Balaban J connectivity index is 0.00000108. The molecule has 1 aromatic carbocycles. The SMILES string of the molecule is Cc1c2c(CCC3=CC=CC3)[c-](C)c1C2C.[Cl-].[Cl-].[Zr+3]. The number of allylic oxidation sites excluding steroid dienone is 4. The first-order chi connectivity index (χ1) is 7.70. The molecule has 0 spiro atoms. The molecule has 1 unspecified atom stereocenters. The summed E-state index contributed by atoms with van der Waals surface area (Å²) < 4.78 is 0. The molecule has 0 aliphatic heterocycles. The minimum Gasteiger partial charge on any atom is -1.00 e. The maximum Gasteiger partial charge on any atom is 3.00 e. The van der Waals surface area contributed by atoms with Crippen molar-refractivity contribution in [1.82, 2.24) is 0 Å². The third-order valence-electron chi connectivity index (χ3n) is 4.40. The van der Waals surface area contributed by atoms with Crippen LogP contribution in [-0.2, 0) is 32.6 Å². The van der Waals surface area contributed by atoms with Crippen molar-refractivity contribution in [3.63, 3.8) is 0 Å². The van der Waals surface area contributed by atoms with Crippen molar-refractivity contribution in [2.75, 3.05) is 0 Å². The molecule has 0 nitrogen and oxygen atoms in total. The summed E-state index contributed by atoms with van der Waals surface area (Å²) in [6.07, 6.45) is 10.4. The van der Waals surface area contributed by atoms with Gasteiger partial charge in [-0.25, -0.2) is 0 Å². The first kappa shape index (κ1) is 19.3. The molecule has 101 valence electrons. The molecule has 2 bridgehead atoms. The Morgan fingerprint density at radius 1 is 1.26 bits per heavy atom. The van der Waals surface area contributed by atoms with E-state index in [0.29, 0.717) is 0 Å². The van der Waals surface area contributed by atoms with Gasteiger partial charge in [0.15, 0.2) is 0 Å². The van der Waals surface area contributed by atoms with Crippen molar-refractivity contribution >= 4 is 0 Å². The van der Waals surface area contributed by atoms with Gasteiger partial charge in [-0.05, 0) is 19.3 Å². The van der Waals surface area contributed by atoms with Crippen molar-refractivity contribution in [3.05, 3.63) is 51.6 Å². The third kappa shape index (κ3) is 2.99. The van der Waals surface area contributed by atoms with Crippen LogP contribution in [0.2, 0.25) is 0 Å². The second kappa shape index (κ2) is 7.34. The average Bonchev–Trinajstić information content (AvgIpc) is 2.89. The van der Waals surface area contributed by atoms with Crippen LogP contribution >= 0.6 is 0 Å². The molecule has 1 radical (unpaired) electrons. The summed E-state index contributed by atoms with van der Waals surface area (Å²) in [5.41, 5.74) is 9.74. The van der Waals surface area contributed by atoms with Crippen LogP contribution in [-0.4, -0.2) is 0 Å². The molecule has 0 N–H and O–H groups in total. The number of hydrogen-bond acceptors (Lipinski definition) is 0. The van der Waals surface area contributed by atoms with E-state index in [1.807, 2.05) is 0 Å². The van der Waals surface area contributed by atoms with Gasteiger partial charge in [0.2, 0.25) is 0 Å². The Morgan fingerprint density at radius 2 is 1.95 bits per heavy atom. The topological polar surface area (TPSA) is 0 Å². The molecule has 3 aliphatic carbocycles. The first-order valence-corrected chi connectivity index (χ1v) is 6.33. The second-order valence-corrected chi connectivity index (χ2v) is 5.23. The van der Waals surface area contributed by atoms with Crippen LogP contribution in [0.5, 0.6) is 0 Å². The number of rotatable bonds is 3. The van der Waals surface area contributed by atoms with Crippen LogP contribution in [0.4, 0.5) is 0 Å². The summed E-state index contributed by atoms with van der Waals surface area (Å²) >= 11 is 0. The Hall–Kier alpha value is 0.293. The molecule has 0 saturated heterocycles. The second-order valence-electron chi connectivity index (χ2n) is 5.23. The summed E-state index contributed by atoms with van der Waals surface area (Å²) in [5.74, 6) is 0.741. The maximum atomic E-state index is 2.35. The summed E-state index contributed by atoms with van der Waals surface area (Å²) in [7, 11) is 0. The minimum absolute atomic E-state index is 0. The van der Waals surface area contributed by atoms with Crippen molar-refractivity contribution < 1.29 is 51.0 Å². The molecular weight excluding hydrogens is 354 g/mol. The van der Waals surface area contributed by atoms with Crippen LogP contribution in [0, 0.1) is 13.8 Å². The van der Waals surface area contributed by atoms with E-state index in [1.54, 1.807) is 33.4 Å². The fourth-order valence-corrected chi connectivity index (χ4v) is 3.60. The number of aryl methyl sites for hydroxylation is 1. The zero-order valence-electron chi connectivity index (χ0n) is 11.7. The molecule has 1 atom stereocenters. The van der Waals surface area contributed by atoms with Gasteiger partial charge >= 0.3 is 26.2 Å². The summed E-state index contributed by atoms with van der Waals surface area (Å²) in [4.78, 5) is 0. The molecule has 3 aliphatic rings. The van der Waals surface area contributed by atoms with E-state index in [2.05, 4.69) is 39.0 Å². The Kier molecular flexibility index (Phi) is 7.46. The molecule has 4 rings (SSSR count). The van der Waals surface area contributed by atoms with Crippen molar-refractivity contribution in [2.24, 2.45) is 0 Å². The van der Waals surface area contributed by atoms with Crippen LogP contribution in [0.15, 0.2) is 23.8 Å². The fraction of sp³-hybridized carbons (Fsp3) is 0.438.